The first-order chi connectivity index (χ1) is 12.3. The van der Waals surface area contributed by atoms with Crippen molar-refractivity contribution in [2.45, 2.75) is 0 Å². The van der Waals surface area contributed by atoms with Crippen molar-refractivity contribution in [2.75, 3.05) is 12.4 Å². The van der Waals surface area contributed by atoms with Crippen molar-refractivity contribution in [3.63, 3.8) is 0 Å². The van der Waals surface area contributed by atoms with Crippen LogP contribution in [0.1, 0.15) is 5.56 Å². The third kappa shape index (κ3) is 4.59. The number of nitro groups is 1. The Bertz CT molecular complexity index is 954. The summed E-state index contributed by atoms with van der Waals surface area (Å²) in [5.74, 6) is -0.174. The summed E-state index contributed by atoms with van der Waals surface area (Å²) in [5.41, 5.74) is -0.0573. The molecule has 132 valence electrons. The number of benzene rings is 2. The van der Waals surface area contributed by atoms with Crippen molar-refractivity contribution in [1.29, 1.82) is 5.26 Å². The van der Waals surface area contributed by atoms with Crippen LogP contribution in [0.3, 0.4) is 0 Å². The van der Waals surface area contributed by atoms with Gasteiger partial charge in [-0.15, -0.1) is 0 Å². The van der Waals surface area contributed by atoms with Crippen LogP contribution >= 0.6 is 27.5 Å². The summed E-state index contributed by atoms with van der Waals surface area (Å²) in [6.45, 7) is 0. The zero-order valence-electron chi connectivity index (χ0n) is 13.3. The molecule has 0 bridgehead atoms. The molecule has 2 rings (SSSR count). The fraction of sp³-hybridized carbons (Fsp3) is 0.0588. The van der Waals surface area contributed by atoms with Crippen LogP contribution in [-0.2, 0) is 4.79 Å². The van der Waals surface area contributed by atoms with E-state index in [1.165, 1.54) is 25.3 Å². The molecule has 0 atom stereocenters. The predicted molar refractivity (Wildman–Crippen MR) is 101 cm³/mol. The van der Waals surface area contributed by atoms with Crippen molar-refractivity contribution in [2.24, 2.45) is 0 Å². The predicted octanol–water partition coefficient (Wildman–Crippen LogP) is 4.56. The highest BCUT2D eigenvalue weighted by molar-refractivity contribution is 9.10. The molecule has 0 aliphatic carbocycles. The van der Waals surface area contributed by atoms with Crippen molar-refractivity contribution in [1.82, 2.24) is 0 Å². The van der Waals surface area contributed by atoms with E-state index in [2.05, 4.69) is 21.2 Å². The minimum Gasteiger partial charge on any atom is -0.496 e. The number of hydrogen-bond acceptors (Lipinski definition) is 5. The molecule has 0 fully saturated rings. The lowest BCUT2D eigenvalue weighted by molar-refractivity contribution is -0.383. The lowest BCUT2D eigenvalue weighted by Gasteiger charge is -2.06. The van der Waals surface area contributed by atoms with Crippen LogP contribution < -0.4 is 10.1 Å². The first kappa shape index (κ1) is 19.4. The van der Waals surface area contributed by atoms with Gasteiger partial charge >= 0.3 is 0 Å². The number of hydrogen-bond donors (Lipinski definition) is 1. The maximum atomic E-state index is 12.3. The van der Waals surface area contributed by atoms with Crippen LogP contribution in [0.25, 0.3) is 6.08 Å². The smallest absolute Gasteiger partial charge is 0.294 e. The number of carbonyl (C=O) groups is 1. The summed E-state index contributed by atoms with van der Waals surface area (Å²) in [6.07, 6.45) is 1.36. The zero-order valence-corrected chi connectivity index (χ0v) is 15.7. The maximum absolute atomic E-state index is 12.3. The van der Waals surface area contributed by atoms with E-state index < -0.39 is 10.8 Å². The van der Waals surface area contributed by atoms with E-state index in [9.17, 15) is 20.2 Å². The van der Waals surface area contributed by atoms with Gasteiger partial charge in [-0.05, 0) is 51.8 Å². The Kier molecular flexibility index (Phi) is 6.33. The van der Waals surface area contributed by atoms with Gasteiger partial charge in [0.15, 0.2) is 0 Å². The van der Waals surface area contributed by atoms with E-state index in [1.807, 2.05) is 0 Å². The normalized spacial score (nSPS) is 10.8. The highest BCUT2D eigenvalue weighted by Gasteiger charge is 2.18. The molecule has 0 aliphatic heterocycles. The highest BCUT2D eigenvalue weighted by Crippen LogP contribution is 2.29. The Morgan fingerprint density at radius 2 is 2.12 bits per heavy atom. The Hall–Kier alpha value is -2.89. The molecule has 9 heteroatoms. The van der Waals surface area contributed by atoms with Crippen LogP contribution in [0, 0.1) is 21.4 Å². The number of nitrogens with zero attached hydrogens (tertiary/aromatic N) is 2. The minimum absolute atomic E-state index is 0.0542. The summed E-state index contributed by atoms with van der Waals surface area (Å²) in [7, 11) is 1.52. The fourth-order valence-electron chi connectivity index (χ4n) is 2.04. The quantitative estimate of drug-likeness (QED) is 0.320. The van der Waals surface area contributed by atoms with E-state index in [0.717, 1.165) is 6.07 Å². The number of methoxy groups -OCH3 is 1. The topological polar surface area (TPSA) is 105 Å². The molecule has 2 aromatic carbocycles. The molecular weight excluding hydrogens is 426 g/mol. The van der Waals surface area contributed by atoms with Gasteiger partial charge in [-0.25, -0.2) is 0 Å². The maximum Gasteiger partial charge on any atom is 0.294 e. The van der Waals surface area contributed by atoms with Crippen molar-refractivity contribution in [3.05, 3.63) is 67.1 Å². The van der Waals surface area contributed by atoms with Crippen molar-refractivity contribution < 1.29 is 14.5 Å². The monoisotopic (exact) mass is 435 g/mol. The molecule has 0 spiro atoms. The lowest BCUT2D eigenvalue weighted by Crippen LogP contribution is -2.14. The van der Waals surface area contributed by atoms with Crippen LogP contribution in [0.2, 0.25) is 5.02 Å². The highest BCUT2D eigenvalue weighted by atomic mass is 79.9. The Morgan fingerprint density at radius 3 is 2.69 bits per heavy atom. The summed E-state index contributed by atoms with van der Waals surface area (Å²) in [6, 6.07) is 10.6. The number of halogens is 2. The molecule has 0 saturated carbocycles. The molecule has 26 heavy (non-hydrogen) atoms. The average Bonchev–Trinajstić information content (AvgIpc) is 2.61. The fourth-order valence-corrected chi connectivity index (χ4v) is 2.76. The third-order valence-corrected chi connectivity index (χ3v) is 4.11. The van der Waals surface area contributed by atoms with Gasteiger partial charge in [0.05, 0.1) is 16.5 Å². The summed E-state index contributed by atoms with van der Waals surface area (Å²) >= 11 is 9.06. The SMILES string of the molecule is COc1ccc(/C=C(\C#N)C(=O)Nc2ccc(Cl)cc2[N+](=O)[O-])cc1Br. The zero-order chi connectivity index (χ0) is 19.3. The van der Waals surface area contributed by atoms with Gasteiger partial charge in [0.1, 0.15) is 23.1 Å². The summed E-state index contributed by atoms with van der Waals surface area (Å²) < 4.78 is 5.77. The minimum atomic E-state index is -0.773. The van der Waals surface area contributed by atoms with E-state index >= 15 is 0 Å². The van der Waals surface area contributed by atoms with Gasteiger partial charge < -0.3 is 10.1 Å². The van der Waals surface area contributed by atoms with Gasteiger partial charge in [-0.1, -0.05) is 17.7 Å². The number of ether oxygens (including phenoxy) is 1. The average molecular weight is 437 g/mol. The van der Waals surface area contributed by atoms with E-state index in [0.29, 0.717) is 15.8 Å². The van der Waals surface area contributed by atoms with Crippen LogP contribution in [0.5, 0.6) is 5.75 Å². The number of carbonyl (C=O) groups excluding carboxylic acids is 1. The number of anilines is 1. The number of nitriles is 1. The van der Waals surface area contributed by atoms with Gasteiger partial charge in [0.25, 0.3) is 11.6 Å². The van der Waals surface area contributed by atoms with E-state index in [4.69, 9.17) is 16.3 Å². The summed E-state index contributed by atoms with van der Waals surface area (Å²) in [4.78, 5) is 22.7. The Labute approximate surface area is 162 Å². The molecule has 0 heterocycles. The van der Waals surface area contributed by atoms with E-state index in [1.54, 1.807) is 24.3 Å². The Balaban J connectivity index is 2.31. The third-order valence-electron chi connectivity index (χ3n) is 3.26. The number of nitro benzene ring substituents is 1. The largest absolute Gasteiger partial charge is 0.496 e. The van der Waals surface area contributed by atoms with Gasteiger partial charge in [0, 0.05) is 11.1 Å². The van der Waals surface area contributed by atoms with Gasteiger partial charge in [-0.2, -0.15) is 5.26 Å². The van der Waals surface area contributed by atoms with E-state index in [-0.39, 0.29) is 22.0 Å². The molecule has 2 aromatic rings. The van der Waals surface area contributed by atoms with Crippen LogP contribution in [-0.4, -0.2) is 17.9 Å². The number of rotatable bonds is 5. The van der Waals surface area contributed by atoms with Crippen molar-refractivity contribution >= 4 is 50.9 Å². The molecule has 0 radical (unpaired) electrons. The molecule has 1 amide bonds. The van der Waals surface area contributed by atoms with Crippen LogP contribution in [0.15, 0.2) is 46.4 Å². The number of nitrogens with one attached hydrogen (secondary N) is 1. The molecule has 0 aromatic heterocycles. The molecule has 0 unspecified atom stereocenters. The van der Waals surface area contributed by atoms with Crippen molar-refractivity contribution in [3.8, 4) is 11.8 Å². The molecular formula is C17H11BrClN3O4. The van der Waals surface area contributed by atoms with Gasteiger partial charge in [-0.3, -0.25) is 14.9 Å². The molecule has 7 nitrogen and oxygen atoms in total. The Morgan fingerprint density at radius 1 is 1.38 bits per heavy atom. The standard InChI is InChI=1S/C17H11BrClN3O4/c1-26-16-5-2-10(7-13(16)18)6-11(9-20)17(23)21-14-4-3-12(19)8-15(14)22(24)25/h2-8H,1H3,(H,21,23)/b11-6+. The second-order valence-corrected chi connectivity index (χ2v) is 6.23. The van der Waals surface area contributed by atoms with Crippen LogP contribution in [0.4, 0.5) is 11.4 Å². The second-order valence-electron chi connectivity index (χ2n) is 4.94. The molecule has 0 saturated heterocycles. The van der Waals surface area contributed by atoms with Gasteiger partial charge in [0.2, 0.25) is 0 Å². The number of amides is 1. The lowest BCUT2D eigenvalue weighted by atomic mass is 10.1. The second kappa shape index (κ2) is 8.47. The first-order valence-corrected chi connectivity index (χ1v) is 8.23. The summed E-state index contributed by atoms with van der Waals surface area (Å²) in [5, 5.41) is 22.9. The molecule has 0 aliphatic rings. The molecule has 1 N–H and O–H groups in total. The first-order valence-electron chi connectivity index (χ1n) is 7.06.